The Balaban J connectivity index is 1.25. The van der Waals surface area contributed by atoms with Gasteiger partial charge in [0.25, 0.3) is 11.7 Å². The number of aliphatic imine (C=N–C) groups is 1. The Bertz CT molecular complexity index is 1040. The highest BCUT2D eigenvalue weighted by Crippen LogP contribution is 2.29. The lowest BCUT2D eigenvalue weighted by Crippen LogP contribution is -2.42. The number of hydrogen-bond donors (Lipinski definition) is 4. The Morgan fingerprint density at radius 1 is 1.30 bits per heavy atom. The highest BCUT2D eigenvalue weighted by Gasteiger charge is 2.37. The fourth-order valence-corrected chi connectivity index (χ4v) is 3.99. The van der Waals surface area contributed by atoms with Crippen LogP contribution in [0.1, 0.15) is 18.5 Å². The Labute approximate surface area is 178 Å². The Morgan fingerprint density at radius 2 is 2.13 bits per heavy atom. The monoisotopic (exact) mass is 422 g/mol. The summed E-state index contributed by atoms with van der Waals surface area (Å²) < 4.78 is 2.12. The van der Waals surface area contributed by atoms with E-state index in [0.717, 1.165) is 46.6 Å². The van der Waals surface area contributed by atoms with E-state index in [2.05, 4.69) is 35.4 Å². The molecule has 1 aromatic heterocycles. The highest BCUT2D eigenvalue weighted by molar-refractivity contribution is 7.97. The standard InChI is InChI=1S/C20H22N8OS/c1-13-10-17(26-25-13)24-19-12-27(11-18-21-8-9-28(18)19)30-16-6-4-15(5-7-16)23-20(29)22-14-2-3-14/h4-10,12,14H,2-3,11H2,1H3,(H2,22,23,29)(H2,24,25,26)/q+1. The van der Waals surface area contributed by atoms with Crippen molar-refractivity contribution >= 4 is 35.3 Å². The summed E-state index contributed by atoms with van der Waals surface area (Å²) in [4.78, 5) is 19.4. The molecule has 2 amide bonds. The lowest BCUT2D eigenvalue weighted by Gasteiger charge is -2.24. The topological polar surface area (TPSA) is 103 Å². The van der Waals surface area contributed by atoms with E-state index in [1.54, 1.807) is 18.1 Å². The molecule has 0 bridgehead atoms. The molecular formula is C20H22N8OS+. The number of amides is 2. The van der Waals surface area contributed by atoms with E-state index in [0.29, 0.717) is 12.6 Å². The SMILES string of the molecule is Cc1cc(NC2=CN(Sc3ccc(NC(=O)NC4CC4)cc3)CC3=NC=C[N+]23)n[nH]1. The lowest BCUT2D eigenvalue weighted by molar-refractivity contribution is 0.251. The number of anilines is 2. The van der Waals surface area contributed by atoms with Crippen LogP contribution in [0.15, 0.2) is 64.6 Å². The molecule has 4 N–H and O–H groups in total. The van der Waals surface area contributed by atoms with Crippen LogP contribution in [0.4, 0.5) is 16.3 Å². The second-order valence-electron chi connectivity index (χ2n) is 7.35. The first-order valence-corrected chi connectivity index (χ1v) is 10.6. The van der Waals surface area contributed by atoms with Crippen molar-refractivity contribution < 1.29 is 4.79 Å². The number of aryl methyl sites for hydroxylation is 1. The third-order valence-corrected chi connectivity index (χ3v) is 5.70. The zero-order valence-corrected chi connectivity index (χ0v) is 17.2. The first-order valence-electron chi connectivity index (χ1n) is 9.78. The number of aromatic amines is 1. The molecule has 9 nitrogen and oxygen atoms in total. The lowest BCUT2D eigenvalue weighted by atomic mass is 10.3. The van der Waals surface area contributed by atoms with Gasteiger partial charge in [-0.05, 0) is 60.9 Å². The zero-order chi connectivity index (χ0) is 20.5. The normalized spacial score (nSPS) is 18.0. The summed E-state index contributed by atoms with van der Waals surface area (Å²) in [6.07, 6.45) is 7.91. The molecule has 5 rings (SSSR count). The average Bonchev–Trinajstić information content (AvgIpc) is 3.22. The third-order valence-electron chi connectivity index (χ3n) is 4.75. The fourth-order valence-electron chi connectivity index (χ4n) is 3.13. The van der Waals surface area contributed by atoms with Crippen molar-refractivity contribution in [2.75, 3.05) is 17.2 Å². The second-order valence-corrected chi connectivity index (χ2v) is 8.48. The molecule has 1 fully saturated rings. The number of benzene rings is 1. The first-order chi connectivity index (χ1) is 14.6. The van der Waals surface area contributed by atoms with Gasteiger partial charge in [0.05, 0.1) is 12.4 Å². The number of amidine groups is 1. The highest BCUT2D eigenvalue weighted by atomic mass is 32.2. The van der Waals surface area contributed by atoms with Crippen LogP contribution in [0.3, 0.4) is 0 Å². The maximum absolute atomic E-state index is 11.9. The van der Waals surface area contributed by atoms with Crippen LogP contribution in [-0.2, 0) is 0 Å². The van der Waals surface area contributed by atoms with Gasteiger partial charge in [-0.1, -0.05) is 0 Å². The van der Waals surface area contributed by atoms with Gasteiger partial charge >= 0.3 is 6.03 Å². The maximum Gasteiger partial charge on any atom is 0.319 e. The summed E-state index contributed by atoms with van der Waals surface area (Å²) in [5.74, 6) is 2.57. The Kier molecular flexibility index (Phi) is 4.93. The number of rotatable bonds is 6. The van der Waals surface area contributed by atoms with Gasteiger partial charge in [-0.2, -0.15) is 10.1 Å². The minimum absolute atomic E-state index is 0.145. The van der Waals surface area contributed by atoms with Gasteiger partial charge < -0.3 is 10.6 Å². The molecule has 30 heavy (non-hydrogen) atoms. The molecule has 3 aliphatic rings. The molecule has 0 spiro atoms. The second kappa shape index (κ2) is 7.88. The van der Waals surface area contributed by atoms with Gasteiger partial charge in [-0.25, -0.2) is 4.79 Å². The minimum atomic E-state index is -0.145. The van der Waals surface area contributed by atoms with Crippen LogP contribution >= 0.6 is 11.9 Å². The number of urea groups is 1. The van der Waals surface area contributed by atoms with Gasteiger partial charge in [0.2, 0.25) is 0 Å². The summed E-state index contributed by atoms with van der Waals surface area (Å²) >= 11 is 1.61. The van der Waals surface area contributed by atoms with Crippen molar-refractivity contribution in [3.8, 4) is 0 Å². The molecule has 2 aliphatic heterocycles. The molecule has 3 heterocycles. The van der Waals surface area contributed by atoms with Crippen LogP contribution in [0, 0.1) is 6.92 Å². The van der Waals surface area contributed by atoms with Crippen molar-refractivity contribution in [2.24, 2.45) is 4.99 Å². The fraction of sp³-hybridized carbons (Fsp3) is 0.250. The van der Waals surface area contributed by atoms with Crippen molar-refractivity contribution in [1.29, 1.82) is 0 Å². The quantitative estimate of drug-likeness (QED) is 0.423. The molecule has 1 saturated carbocycles. The van der Waals surface area contributed by atoms with Crippen LogP contribution in [-0.4, -0.2) is 39.0 Å². The molecule has 0 unspecified atom stereocenters. The van der Waals surface area contributed by atoms with Gasteiger partial charge in [0, 0.05) is 28.4 Å². The number of carbonyl (C=O) groups is 1. The molecule has 153 valence electrons. The largest absolute Gasteiger partial charge is 0.335 e. The summed E-state index contributed by atoms with van der Waals surface area (Å²) in [7, 11) is 0. The van der Waals surface area contributed by atoms with Crippen molar-refractivity contribution in [1.82, 2.24) is 24.7 Å². The number of fused-ring (bicyclic) bond motifs is 1. The molecule has 0 saturated heterocycles. The minimum Gasteiger partial charge on any atom is -0.335 e. The van der Waals surface area contributed by atoms with Gasteiger partial charge in [-0.15, -0.1) is 0 Å². The van der Waals surface area contributed by atoms with E-state index >= 15 is 0 Å². The maximum atomic E-state index is 11.9. The number of hydrogen-bond acceptors (Lipinski definition) is 7. The van der Waals surface area contributed by atoms with Crippen molar-refractivity contribution in [2.45, 2.75) is 30.7 Å². The smallest absolute Gasteiger partial charge is 0.319 e. The van der Waals surface area contributed by atoms with E-state index < -0.39 is 0 Å². The summed E-state index contributed by atoms with van der Waals surface area (Å²) in [6.45, 7) is 2.64. The first kappa shape index (κ1) is 18.8. The number of aromatic nitrogens is 2. The zero-order valence-electron chi connectivity index (χ0n) is 16.4. The van der Waals surface area contributed by atoms with Crippen molar-refractivity contribution in [3.63, 3.8) is 0 Å². The molecular weight excluding hydrogens is 400 g/mol. The molecule has 1 aromatic carbocycles. The van der Waals surface area contributed by atoms with Gasteiger partial charge in [-0.3, -0.25) is 14.7 Å². The van der Waals surface area contributed by atoms with E-state index in [4.69, 9.17) is 0 Å². The number of nitrogens with one attached hydrogen (secondary N) is 4. The predicted molar refractivity (Wildman–Crippen MR) is 118 cm³/mol. The number of nitrogens with zero attached hydrogens (tertiary/aromatic N) is 4. The van der Waals surface area contributed by atoms with Gasteiger partial charge in [0.15, 0.2) is 12.0 Å². The van der Waals surface area contributed by atoms with Crippen LogP contribution in [0.5, 0.6) is 0 Å². The van der Waals surface area contributed by atoms with Gasteiger partial charge in [0.1, 0.15) is 6.54 Å². The molecule has 0 atom stereocenters. The van der Waals surface area contributed by atoms with E-state index in [1.807, 2.05) is 54.6 Å². The summed E-state index contributed by atoms with van der Waals surface area (Å²) in [5, 5.41) is 16.3. The van der Waals surface area contributed by atoms with Crippen LogP contribution < -0.4 is 20.9 Å². The Hall–Kier alpha value is -3.24. The predicted octanol–water partition coefficient (Wildman–Crippen LogP) is 3.26. The molecule has 1 aliphatic carbocycles. The molecule has 1 radical (unpaired) electrons. The average molecular weight is 423 g/mol. The van der Waals surface area contributed by atoms with E-state index in [-0.39, 0.29) is 6.03 Å². The summed E-state index contributed by atoms with van der Waals surface area (Å²) in [5.41, 5.74) is 1.77. The third kappa shape index (κ3) is 4.34. The molecule has 2 aromatic rings. The number of H-pyrrole nitrogens is 1. The Morgan fingerprint density at radius 3 is 2.87 bits per heavy atom. The molecule has 10 heteroatoms. The van der Waals surface area contributed by atoms with Crippen molar-refractivity contribution in [3.05, 3.63) is 60.4 Å². The van der Waals surface area contributed by atoms with Crippen LogP contribution in [0.25, 0.3) is 0 Å². The van der Waals surface area contributed by atoms with Crippen LogP contribution in [0.2, 0.25) is 0 Å². The number of carbonyl (C=O) groups excluding carboxylic acids is 1. The summed E-state index contributed by atoms with van der Waals surface area (Å²) in [6, 6.07) is 9.96. The van der Waals surface area contributed by atoms with E-state index in [9.17, 15) is 4.79 Å². The van der Waals surface area contributed by atoms with E-state index in [1.165, 1.54) is 0 Å².